The minimum atomic E-state index is 0.454. The minimum absolute atomic E-state index is 0.454. The quantitative estimate of drug-likeness (QED) is 0.681. The number of nitrogens with zero attached hydrogens (tertiary/aromatic N) is 3. The van der Waals surface area contributed by atoms with Crippen LogP contribution in [-0.4, -0.2) is 29.7 Å². The molecule has 0 fully saturated rings. The SMILES string of the molecule is CC1CN=C2C3=C(N=CN21)c1ccccc1CC3. The Labute approximate surface area is 107 Å². The monoisotopic (exact) mass is 237 g/mol. The van der Waals surface area contributed by atoms with E-state index in [0.29, 0.717) is 6.04 Å². The molecule has 2 heterocycles. The van der Waals surface area contributed by atoms with E-state index in [9.17, 15) is 0 Å². The zero-order valence-corrected chi connectivity index (χ0v) is 10.4. The highest BCUT2D eigenvalue weighted by Gasteiger charge is 2.32. The molecule has 18 heavy (non-hydrogen) atoms. The first-order chi connectivity index (χ1) is 8.84. The summed E-state index contributed by atoms with van der Waals surface area (Å²) in [5.41, 5.74) is 5.17. The Kier molecular flexibility index (Phi) is 1.98. The average Bonchev–Trinajstić information content (AvgIpc) is 2.80. The fourth-order valence-electron chi connectivity index (χ4n) is 3.01. The van der Waals surface area contributed by atoms with Crippen LogP contribution in [0.5, 0.6) is 0 Å². The third-order valence-electron chi connectivity index (χ3n) is 4.01. The van der Waals surface area contributed by atoms with Gasteiger partial charge in [0.15, 0.2) is 0 Å². The molecule has 1 atom stereocenters. The van der Waals surface area contributed by atoms with E-state index in [4.69, 9.17) is 0 Å². The Hall–Kier alpha value is -1.90. The van der Waals surface area contributed by atoms with Crippen LogP contribution in [0.2, 0.25) is 0 Å². The zero-order valence-electron chi connectivity index (χ0n) is 10.4. The second kappa shape index (κ2) is 3.55. The summed E-state index contributed by atoms with van der Waals surface area (Å²) in [5, 5.41) is 0. The van der Waals surface area contributed by atoms with Crippen LogP contribution < -0.4 is 0 Å². The fraction of sp³-hybridized carbons (Fsp3) is 0.333. The van der Waals surface area contributed by atoms with Gasteiger partial charge in [-0.2, -0.15) is 0 Å². The van der Waals surface area contributed by atoms with Gasteiger partial charge < -0.3 is 4.90 Å². The van der Waals surface area contributed by atoms with Gasteiger partial charge in [0.1, 0.15) is 5.84 Å². The standard InChI is InChI=1S/C15H15N3/c1-10-8-16-15-13-7-6-11-4-2-3-5-12(11)14(13)17-9-18(10)15/h2-5,9-10H,6-8H2,1H3. The summed E-state index contributed by atoms with van der Waals surface area (Å²) in [7, 11) is 0. The molecule has 1 aromatic carbocycles. The van der Waals surface area contributed by atoms with Gasteiger partial charge in [-0.15, -0.1) is 0 Å². The normalized spacial score (nSPS) is 24.6. The van der Waals surface area contributed by atoms with Gasteiger partial charge >= 0.3 is 0 Å². The largest absolute Gasteiger partial charge is 0.312 e. The Morgan fingerprint density at radius 2 is 2.11 bits per heavy atom. The molecule has 0 aromatic heterocycles. The second-order valence-corrected chi connectivity index (χ2v) is 5.15. The molecule has 3 nitrogen and oxygen atoms in total. The number of hydrogen-bond donors (Lipinski definition) is 0. The van der Waals surface area contributed by atoms with E-state index >= 15 is 0 Å². The summed E-state index contributed by atoms with van der Waals surface area (Å²) in [6.45, 7) is 3.09. The molecule has 1 aliphatic carbocycles. The average molecular weight is 237 g/mol. The van der Waals surface area contributed by atoms with Gasteiger partial charge in [0.05, 0.1) is 24.6 Å². The molecule has 4 rings (SSSR count). The van der Waals surface area contributed by atoms with Crippen molar-refractivity contribution in [3.05, 3.63) is 41.0 Å². The van der Waals surface area contributed by atoms with Crippen LogP contribution in [0.1, 0.15) is 24.5 Å². The molecule has 90 valence electrons. The number of amidine groups is 1. The molecule has 1 aromatic rings. The van der Waals surface area contributed by atoms with Crippen LogP contribution in [0.3, 0.4) is 0 Å². The van der Waals surface area contributed by atoms with Crippen molar-refractivity contribution in [2.45, 2.75) is 25.8 Å². The summed E-state index contributed by atoms with van der Waals surface area (Å²) in [6.07, 6.45) is 4.12. The van der Waals surface area contributed by atoms with Crippen molar-refractivity contribution in [3.8, 4) is 0 Å². The van der Waals surface area contributed by atoms with Crippen LogP contribution >= 0.6 is 0 Å². The van der Waals surface area contributed by atoms with Crippen LogP contribution in [0.15, 0.2) is 39.8 Å². The van der Waals surface area contributed by atoms with Crippen molar-refractivity contribution in [1.82, 2.24) is 4.90 Å². The second-order valence-electron chi connectivity index (χ2n) is 5.15. The van der Waals surface area contributed by atoms with Crippen molar-refractivity contribution < 1.29 is 0 Å². The number of aryl methyl sites for hydroxylation is 1. The highest BCUT2D eigenvalue weighted by Crippen LogP contribution is 2.36. The third-order valence-corrected chi connectivity index (χ3v) is 4.01. The maximum absolute atomic E-state index is 4.69. The topological polar surface area (TPSA) is 28.0 Å². The van der Waals surface area contributed by atoms with E-state index in [1.807, 2.05) is 6.34 Å². The molecule has 0 saturated carbocycles. The molecule has 0 radical (unpaired) electrons. The number of benzene rings is 1. The van der Waals surface area contributed by atoms with Gasteiger partial charge in [0, 0.05) is 11.1 Å². The first-order valence-electron chi connectivity index (χ1n) is 6.53. The molecule has 3 aliphatic rings. The van der Waals surface area contributed by atoms with Crippen LogP contribution in [0.25, 0.3) is 5.70 Å². The summed E-state index contributed by atoms with van der Waals surface area (Å²) < 4.78 is 0. The molecule has 0 spiro atoms. The Balaban J connectivity index is 1.89. The molecule has 3 heteroatoms. The van der Waals surface area contributed by atoms with Gasteiger partial charge in [-0.1, -0.05) is 24.3 Å². The van der Waals surface area contributed by atoms with E-state index in [1.165, 1.54) is 16.7 Å². The van der Waals surface area contributed by atoms with Gasteiger partial charge in [-0.05, 0) is 25.3 Å². The highest BCUT2D eigenvalue weighted by molar-refractivity contribution is 6.14. The van der Waals surface area contributed by atoms with Crippen molar-refractivity contribution in [1.29, 1.82) is 0 Å². The van der Waals surface area contributed by atoms with Gasteiger partial charge in [0.25, 0.3) is 0 Å². The fourth-order valence-corrected chi connectivity index (χ4v) is 3.01. The molecular weight excluding hydrogens is 222 g/mol. The lowest BCUT2D eigenvalue weighted by atomic mass is 9.88. The molecule has 2 aliphatic heterocycles. The van der Waals surface area contributed by atoms with Gasteiger partial charge in [-0.25, -0.2) is 4.99 Å². The molecule has 1 unspecified atom stereocenters. The van der Waals surface area contributed by atoms with Gasteiger partial charge in [0.2, 0.25) is 0 Å². The smallest absolute Gasteiger partial charge is 0.134 e. The number of aliphatic imine (C=N–C) groups is 2. The number of hydrogen-bond acceptors (Lipinski definition) is 3. The summed E-state index contributed by atoms with van der Waals surface area (Å²) >= 11 is 0. The predicted octanol–water partition coefficient (Wildman–Crippen LogP) is 2.49. The molecule has 0 bridgehead atoms. The van der Waals surface area contributed by atoms with Crippen LogP contribution in [0.4, 0.5) is 0 Å². The van der Waals surface area contributed by atoms with Crippen molar-refractivity contribution in [2.75, 3.05) is 6.54 Å². The van der Waals surface area contributed by atoms with E-state index in [0.717, 1.165) is 30.9 Å². The lowest BCUT2D eigenvalue weighted by Crippen LogP contribution is -2.37. The Bertz CT molecular complexity index is 610. The van der Waals surface area contributed by atoms with Crippen LogP contribution in [-0.2, 0) is 6.42 Å². The number of rotatable bonds is 0. The molecule has 0 saturated heterocycles. The maximum Gasteiger partial charge on any atom is 0.134 e. The molecule has 0 amide bonds. The van der Waals surface area contributed by atoms with Crippen molar-refractivity contribution >= 4 is 17.9 Å². The van der Waals surface area contributed by atoms with Crippen molar-refractivity contribution in [2.24, 2.45) is 9.98 Å². The van der Waals surface area contributed by atoms with E-state index in [2.05, 4.69) is 46.1 Å². The molecule has 0 N–H and O–H groups in total. The first kappa shape index (κ1) is 10.1. The summed E-state index contributed by atoms with van der Waals surface area (Å²) in [5.74, 6) is 1.15. The third kappa shape index (κ3) is 1.24. The van der Waals surface area contributed by atoms with E-state index in [-0.39, 0.29) is 0 Å². The lowest BCUT2D eigenvalue weighted by molar-refractivity contribution is 0.522. The zero-order chi connectivity index (χ0) is 12.1. The van der Waals surface area contributed by atoms with Crippen molar-refractivity contribution in [3.63, 3.8) is 0 Å². The predicted molar refractivity (Wildman–Crippen MR) is 73.8 cm³/mol. The summed E-state index contributed by atoms with van der Waals surface area (Å²) in [4.78, 5) is 11.6. The highest BCUT2D eigenvalue weighted by atomic mass is 15.3. The summed E-state index contributed by atoms with van der Waals surface area (Å²) in [6, 6.07) is 9.04. The lowest BCUT2D eigenvalue weighted by Gasteiger charge is -2.30. The molecular formula is C15H15N3. The maximum atomic E-state index is 4.69. The van der Waals surface area contributed by atoms with Crippen LogP contribution in [0, 0.1) is 0 Å². The van der Waals surface area contributed by atoms with Gasteiger partial charge in [-0.3, -0.25) is 4.99 Å². The Morgan fingerprint density at radius 1 is 1.22 bits per heavy atom. The van der Waals surface area contributed by atoms with E-state index in [1.54, 1.807) is 0 Å². The number of fused-ring (bicyclic) bond motifs is 4. The minimum Gasteiger partial charge on any atom is -0.312 e. The Morgan fingerprint density at radius 3 is 3.06 bits per heavy atom. The first-order valence-corrected chi connectivity index (χ1v) is 6.53. The van der Waals surface area contributed by atoms with E-state index < -0.39 is 0 Å².